The van der Waals surface area contributed by atoms with Crippen molar-refractivity contribution in [2.75, 3.05) is 0 Å². The second-order valence-electron chi connectivity index (χ2n) is 2.21. The average molecular weight is 180 g/mol. The molecular weight excluding hydrogens is 174 g/mol. The van der Waals surface area contributed by atoms with Crippen molar-refractivity contribution in [3.63, 3.8) is 0 Å². The van der Waals surface area contributed by atoms with E-state index in [1.807, 2.05) is 0 Å². The van der Waals surface area contributed by atoms with Gasteiger partial charge in [-0.2, -0.15) is 0 Å². The van der Waals surface area contributed by atoms with Gasteiger partial charge in [0.2, 0.25) is 4.91 Å². The van der Waals surface area contributed by atoms with E-state index in [4.69, 9.17) is 15.7 Å². The summed E-state index contributed by atoms with van der Waals surface area (Å²) >= 11 is 0. The van der Waals surface area contributed by atoms with Gasteiger partial charge in [0.1, 0.15) is 11.3 Å². The minimum absolute atomic E-state index is 0.0137. The number of phenolic OH excluding ortho intramolecular Hbond substituents is 1. The highest BCUT2D eigenvalue weighted by atomic mass is 16.4. The Morgan fingerprint density at radius 3 is 2.77 bits per heavy atom. The first kappa shape index (κ1) is 8.89. The van der Waals surface area contributed by atoms with Crippen molar-refractivity contribution in [3.05, 3.63) is 23.8 Å². The Hall–Kier alpha value is -2.20. The van der Waals surface area contributed by atoms with Crippen molar-refractivity contribution in [2.24, 2.45) is 5.11 Å². The van der Waals surface area contributed by atoms with Gasteiger partial charge in [0.05, 0.1) is 5.56 Å². The molecule has 0 radical (unpaired) electrons. The smallest absolute Gasteiger partial charge is 0.335 e. The van der Waals surface area contributed by atoms with Gasteiger partial charge in [-0.3, -0.25) is 0 Å². The van der Waals surface area contributed by atoms with Crippen LogP contribution in [0.2, 0.25) is 0 Å². The van der Waals surface area contributed by atoms with Crippen LogP contribution in [-0.4, -0.2) is 16.2 Å². The Morgan fingerprint density at radius 2 is 2.23 bits per heavy atom. The summed E-state index contributed by atoms with van der Waals surface area (Å²) in [5, 5.41) is 20.9. The molecule has 0 aliphatic carbocycles. The third-order valence-electron chi connectivity index (χ3n) is 1.38. The molecule has 1 rings (SSSR count). The van der Waals surface area contributed by atoms with E-state index in [1.165, 1.54) is 12.1 Å². The molecule has 0 saturated carbocycles. The molecule has 6 heteroatoms. The van der Waals surface area contributed by atoms with Crippen LogP contribution in [0.15, 0.2) is 23.3 Å². The van der Waals surface area contributed by atoms with Crippen LogP contribution >= 0.6 is 0 Å². The number of carbonyl (C=O) groups is 1. The molecular formula is C7H6N3O3+. The molecule has 6 nitrogen and oxygen atoms in total. The van der Waals surface area contributed by atoms with Crippen molar-refractivity contribution in [3.8, 4) is 5.75 Å². The van der Waals surface area contributed by atoms with Crippen LogP contribution in [0.25, 0.3) is 0 Å². The summed E-state index contributed by atoms with van der Waals surface area (Å²) in [7, 11) is 0. The lowest BCUT2D eigenvalue weighted by Crippen LogP contribution is -1.94. The van der Waals surface area contributed by atoms with Gasteiger partial charge in [-0.1, -0.05) is 0 Å². The lowest BCUT2D eigenvalue weighted by atomic mass is 10.2. The molecule has 0 bridgehead atoms. The summed E-state index contributed by atoms with van der Waals surface area (Å²) in [6.07, 6.45) is 0. The van der Waals surface area contributed by atoms with Gasteiger partial charge in [-0.25, -0.2) is 4.79 Å². The number of carboxylic acid groups (broad SMARTS) is 1. The number of phenols is 1. The molecule has 0 aliphatic rings. The van der Waals surface area contributed by atoms with Crippen molar-refractivity contribution in [2.45, 2.75) is 0 Å². The van der Waals surface area contributed by atoms with E-state index < -0.39 is 5.97 Å². The van der Waals surface area contributed by atoms with E-state index in [9.17, 15) is 4.79 Å². The summed E-state index contributed by atoms with van der Waals surface area (Å²) in [6.45, 7) is 0. The molecule has 0 atom stereocenters. The van der Waals surface area contributed by atoms with E-state index in [1.54, 1.807) is 0 Å². The van der Waals surface area contributed by atoms with E-state index in [0.717, 1.165) is 6.07 Å². The van der Waals surface area contributed by atoms with Crippen LogP contribution in [0.3, 0.4) is 0 Å². The number of nitrogens with zero attached hydrogens (tertiary/aromatic N) is 2. The summed E-state index contributed by atoms with van der Waals surface area (Å²) in [4.78, 5) is 13.2. The monoisotopic (exact) mass is 180 g/mol. The van der Waals surface area contributed by atoms with Gasteiger partial charge in [0, 0.05) is 0 Å². The molecule has 66 valence electrons. The SMILES string of the molecule is N=[N+]=Nc1cc(C(=O)O)ccc1O. The van der Waals surface area contributed by atoms with E-state index in [2.05, 4.69) is 10.0 Å². The largest absolute Gasteiger partial charge is 0.505 e. The third-order valence-corrected chi connectivity index (χ3v) is 1.38. The van der Waals surface area contributed by atoms with E-state index >= 15 is 0 Å². The van der Waals surface area contributed by atoms with Crippen LogP contribution < -0.4 is 4.91 Å². The second-order valence-corrected chi connectivity index (χ2v) is 2.21. The lowest BCUT2D eigenvalue weighted by molar-refractivity contribution is 0.0697. The fourth-order valence-electron chi connectivity index (χ4n) is 0.790. The summed E-state index contributed by atoms with van der Waals surface area (Å²) < 4.78 is 0. The minimum atomic E-state index is -1.12. The zero-order valence-corrected chi connectivity index (χ0v) is 6.43. The molecule has 3 N–H and O–H groups in total. The van der Waals surface area contributed by atoms with Crippen LogP contribution in [0.4, 0.5) is 5.69 Å². The quantitative estimate of drug-likeness (QED) is 0.471. The Bertz CT molecular complexity index is 396. The molecule has 0 fully saturated rings. The van der Waals surface area contributed by atoms with Crippen LogP contribution in [0.1, 0.15) is 10.4 Å². The summed E-state index contributed by atoms with van der Waals surface area (Å²) in [6, 6.07) is 3.56. The molecule has 1 aromatic rings. The number of hydrogen-bond acceptors (Lipinski definition) is 4. The predicted molar refractivity (Wildman–Crippen MR) is 42.0 cm³/mol. The van der Waals surface area contributed by atoms with Crippen molar-refractivity contribution in [1.82, 2.24) is 4.91 Å². The Balaban J connectivity index is 3.26. The molecule has 0 unspecified atom stereocenters. The minimum Gasteiger partial charge on any atom is -0.505 e. The number of aromatic carboxylic acids is 1. The van der Waals surface area contributed by atoms with Crippen LogP contribution in [-0.2, 0) is 0 Å². The molecule has 0 aromatic heterocycles. The second kappa shape index (κ2) is 3.46. The van der Waals surface area contributed by atoms with Crippen molar-refractivity contribution in [1.29, 1.82) is 5.53 Å². The van der Waals surface area contributed by atoms with Gasteiger partial charge >= 0.3 is 5.97 Å². The Morgan fingerprint density at radius 1 is 1.54 bits per heavy atom. The fourth-order valence-corrected chi connectivity index (χ4v) is 0.790. The van der Waals surface area contributed by atoms with Gasteiger partial charge in [-0.05, 0) is 18.2 Å². The topological polar surface area (TPSA) is 108 Å². The Labute approximate surface area is 72.7 Å². The first-order valence-electron chi connectivity index (χ1n) is 3.29. The average Bonchev–Trinajstić information content (AvgIpc) is 2.08. The standard InChI is InChI=1S/C7H5N3O3/c8-10-9-5-3-4(7(12)13)1-2-6(5)11/h1-3,8H,(H,12,13)/p+1. The van der Waals surface area contributed by atoms with Crippen molar-refractivity contribution >= 4 is 11.7 Å². The zero-order valence-electron chi connectivity index (χ0n) is 6.43. The van der Waals surface area contributed by atoms with Gasteiger partial charge in [-0.15, -0.1) is 0 Å². The molecule has 0 saturated heterocycles. The maximum absolute atomic E-state index is 10.5. The normalized spacial score (nSPS) is 8.92. The van der Waals surface area contributed by atoms with Gasteiger partial charge in [0.15, 0.2) is 10.8 Å². The molecule has 0 amide bonds. The molecule has 13 heavy (non-hydrogen) atoms. The highest BCUT2D eigenvalue weighted by molar-refractivity contribution is 5.89. The first-order valence-corrected chi connectivity index (χ1v) is 3.29. The Kier molecular flexibility index (Phi) is 2.37. The summed E-state index contributed by atoms with van der Waals surface area (Å²) in [5.74, 6) is -1.33. The third kappa shape index (κ3) is 1.88. The highest BCUT2D eigenvalue weighted by Crippen LogP contribution is 2.26. The van der Waals surface area contributed by atoms with E-state index in [0.29, 0.717) is 0 Å². The van der Waals surface area contributed by atoms with Gasteiger partial charge in [0.25, 0.3) is 0 Å². The van der Waals surface area contributed by atoms with Crippen LogP contribution in [0.5, 0.6) is 5.75 Å². The maximum atomic E-state index is 10.5. The lowest BCUT2D eigenvalue weighted by Gasteiger charge is -1.94. The summed E-state index contributed by atoms with van der Waals surface area (Å²) in [5.41, 5.74) is 6.37. The first-order chi connectivity index (χ1) is 6.15. The number of aromatic hydroxyl groups is 1. The van der Waals surface area contributed by atoms with Crippen LogP contribution in [0, 0.1) is 5.53 Å². The number of hydrogen-bond donors (Lipinski definition) is 3. The number of rotatable bonds is 2. The van der Waals surface area contributed by atoms with E-state index in [-0.39, 0.29) is 17.0 Å². The molecule has 1 aromatic carbocycles. The maximum Gasteiger partial charge on any atom is 0.335 e. The van der Waals surface area contributed by atoms with Crippen molar-refractivity contribution < 1.29 is 15.0 Å². The molecule has 0 spiro atoms. The zero-order chi connectivity index (χ0) is 9.84. The number of carboxylic acids is 1. The molecule has 0 aliphatic heterocycles. The molecule has 0 heterocycles. The number of nitrogens with one attached hydrogen (secondary N) is 1. The predicted octanol–water partition coefficient (Wildman–Crippen LogP) is 1.27. The van der Waals surface area contributed by atoms with Gasteiger partial charge < -0.3 is 10.2 Å². The number of benzene rings is 1. The highest BCUT2D eigenvalue weighted by Gasteiger charge is 2.09. The fraction of sp³-hybridized carbons (Fsp3) is 0.